The highest BCUT2D eigenvalue weighted by molar-refractivity contribution is 6.18. The summed E-state index contributed by atoms with van der Waals surface area (Å²) in [6, 6.07) is 17.6. The van der Waals surface area contributed by atoms with Gasteiger partial charge in [-0.15, -0.1) is 0 Å². The molecule has 2 aromatic rings. The number of rotatable bonds is 1. The third-order valence-electron chi connectivity index (χ3n) is 3.98. The summed E-state index contributed by atoms with van der Waals surface area (Å²) >= 11 is 0. The van der Waals surface area contributed by atoms with Gasteiger partial charge in [-0.1, -0.05) is 30.3 Å². The molecule has 2 heterocycles. The minimum atomic E-state index is -0.0146. The number of anilines is 2. The summed E-state index contributed by atoms with van der Waals surface area (Å²) in [7, 11) is 1.80. The number of hydrogen-bond donors (Lipinski definition) is 2. The number of para-hydroxylation sites is 3. The van der Waals surface area contributed by atoms with Crippen molar-refractivity contribution in [3.05, 3.63) is 65.9 Å². The predicted molar refractivity (Wildman–Crippen MR) is 91.9 cm³/mol. The van der Waals surface area contributed by atoms with Crippen LogP contribution in [0.25, 0.3) is 0 Å². The smallest absolute Gasteiger partial charge is 0.270 e. The summed E-state index contributed by atoms with van der Waals surface area (Å²) in [4.78, 5) is 18.9. The molecule has 5 heteroatoms. The monoisotopic (exact) mass is 304 g/mol. The van der Waals surface area contributed by atoms with Crippen molar-refractivity contribution in [1.82, 2.24) is 4.90 Å². The van der Waals surface area contributed by atoms with Crippen LogP contribution in [-0.4, -0.2) is 30.2 Å². The molecule has 2 aliphatic rings. The Morgan fingerprint density at radius 2 is 1.83 bits per heavy atom. The summed E-state index contributed by atoms with van der Waals surface area (Å²) in [6.45, 7) is 0.536. The Bertz CT molecular complexity index is 839. The number of hydrogen-bond acceptors (Lipinski definition) is 4. The second kappa shape index (κ2) is 5.28. The number of carbonyl (C=O) groups excluding carboxylic acids is 1. The minimum absolute atomic E-state index is 0.0146. The van der Waals surface area contributed by atoms with Gasteiger partial charge in [0.2, 0.25) is 0 Å². The van der Waals surface area contributed by atoms with E-state index in [1.165, 1.54) is 0 Å². The largest absolute Gasteiger partial charge is 0.349 e. The highest BCUT2D eigenvalue weighted by Gasteiger charge is 2.32. The molecule has 0 unspecified atom stereocenters. The molecule has 5 nitrogen and oxygen atoms in total. The van der Waals surface area contributed by atoms with Gasteiger partial charge in [-0.25, -0.2) is 4.99 Å². The van der Waals surface area contributed by atoms with Crippen molar-refractivity contribution in [2.45, 2.75) is 0 Å². The molecule has 2 aliphatic heterocycles. The number of nitrogens with zero attached hydrogens (tertiary/aromatic N) is 2. The van der Waals surface area contributed by atoms with Gasteiger partial charge in [0, 0.05) is 18.3 Å². The molecule has 0 radical (unpaired) electrons. The molecule has 0 aromatic heterocycles. The SMILES string of the molecule is CN1CC2=C(Nc3ccccc3N=C2Nc2ccccc2)C1=O. The lowest BCUT2D eigenvalue weighted by molar-refractivity contribution is -0.124. The van der Waals surface area contributed by atoms with Crippen molar-refractivity contribution in [2.24, 2.45) is 4.99 Å². The third-order valence-corrected chi connectivity index (χ3v) is 3.98. The van der Waals surface area contributed by atoms with Crippen LogP contribution in [0.4, 0.5) is 17.1 Å². The number of aliphatic imine (C=N–C) groups is 1. The van der Waals surface area contributed by atoms with Gasteiger partial charge in [-0.05, 0) is 24.3 Å². The first-order chi connectivity index (χ1) is 11.2. The molecule has 0 spiro atoms. The van der Waals surface area contributed by atoms with Gasteiger partial charge in [0.1, 0.15) is 11.5 Å². The fourth-order valence-electron chi connectivity index (χ4n) is 2.79. The third kappa shape index (κ3) is 2.36. The van der Waals surface area contributed by atoms with Crippen LogP contribution in [0.5, 0.6) is 0 Å². The summed E-state index contributed by atoms with van der Waals surface area (Å²) < 4.78 is 0. The number of amides is 1. The number of benzene rings is 2. The summed E-state index contributed by atoms with van der Waals surface area (Å²) in [6.07, 6.45) is 0. The van der Waals surface area contributed by atoms with Crippen molar-refractivity contribution in [3.63, 3.8) is 0 Å². The summed E-state index contributed by atoms with van der Waals surface area (Å²) in [5, 5.41) is 6.60. The van der Waals surface area contributed by atoms with Crippen LogP contribution in [0.15, 0.2) is 70.9 Å². The van der Waals surface area contributed by atoms with E-state index < -0.39 is 0 Å². The lowest BCUT2D eigenvalue weighted by Gasteiger charge is -2.13. The van der Waals surface area contributed by atoms with E-state index in [0.29, 0.717) is 18.1 Å². The van der Waals surface area contributed by atoms with E-state index in [1.54, 1.807) is 11.9 Å². The molecule has 4 rings (SSSR count). The normalized spacial score (nSPS) is 16.3. The molecular formula is C18H16N4O. The molecule has 0 atom stereocenters. The van der Waals surface area contributed by atoms with E-state index >= 15 is 0 Å². The number of amidine groups is 1. The Labute approximate surface area is 134 Å². The van der Waals surface area contributed by atoms with Crippen LogP contribution in [0, 0.1) is 0 Å². The van der Waals surface area contributed by atoms with Gasteiger partial charge in [0.15, 0.2) is 0 Å². The van der Waals surface area contributed by atoms with E-state index in [-0.39, 0.29) is 5.91 Å². The number of nitrogens with one attached hydrogen (secondary N) is 2. The van der Waals surface area contributed by atoms with Gasteiger partial charge < -0.3 is 15.5 Å². The van der Waals surface area contributed by atoms with Gasteiger partial charge >= 0.3 is 0 Å². The molecular weight excluding hydrogens is 288 g/mol. The molecule has 0 bridgehead atoms. The van der Waals surface area contributed by atoms with Crippen molar-refractivity contribution < 1.29 is 4.79 Å². The summed E-state index contributed by atoms with van der Waals surface area (Å²) in [5.41, 5.74) is 4.08. The van der Waals surface area contributed by atoms with Crippen LogP contribution in [0.1, 0.15) is 0 Å². The average Bonchev–Trinajstić information content (AvgIpc) is 2.76. The fourth-order valence-corrected chi connectivity index (χ4v) is 2.79. The predicted octanol–water partition coefficient (Wildman–Crippen LogP) is 2.98. The van der Waals surface area contributed by atoms with Gasteiger partial charge in [0.05, 0.1) is 17.9 Å². The van der Waals surface area contributed by atoms with Crippen molar-refractivity contribution >= 4 is 28.8 Å². The first-order valence-corrected chi connectivity index (χ1v) is 7.48. The maximum absolute atomic E-state index is 12.4. The quantitative estimate of drug-likeness (QED) is 0.851. The Kier molecular flexibility index (Phi) is 3.12. The van der Waals surface area contributed by atoms with Crippen LogP contribution in [0.2, 0.25) is 0 Å². The van der Waals surface area contributed by atoms with E-state index in [0.717, 1.165) is 22.6 Å². The van der Waals surface area contributed by atoms with Crippen molar-refractivity contribution in [1.29, 1.82) is 0 Å². The van der Waals surface area contributed by atoms with Crippen molar-refractivity contribution in [3.8, 4) is 0 Å². The van der Waals surface area contributed by atoms with Crippen LogP contribution < -0.4 is 10.6 Å². The van der Waals surface area contributed by atoms with Crippen LogP contribution >= 0.6 is 0 Å². The fraction of sp³-hybridized carbons (Fsp3) is 0.111. The molecule has 0 fully saturated rings. The molecule has 23 heavy (non-hydrogen) atoms. The molecule has 0 aliphatic carbocycles. The van der Waals surface area contributed by atoms with E-state index in [9.17, 15) is 4.79 Å². The first kappa shape index (κ1) is 13.6. The second-order valence-corrected chi connectivity index (χ2v) is 5.61. The molecule has 0 saturated heterocycles. The van der Waals surface area contributed by atoms with E-state index in [2.05, 4.69) is 10.6 Å². The lowest BCUT2D eigenvalue weighted by Crippen LogP contribution is -2.24. The standard InChI is InChI=1S/C18H16N4O/c1-22-11-13-16(18(22)23)20-14-9-5-6-10-15(14)21-17(13)19-12-7-3-2-4-8-12/h2-10,20H,11H2,1H3,(H,19,21). The topological polar surface area (TPSA) is 56.7 Å². The summed E-state index contributed by atoms with van der Waals surface area (Å²) in [5.74, 6) is 0.695. The average molecular weight is 304 g/mol. The number of fused-ring (bicyclic) bond motifs is 1. The highest BCUT2D eigenvalue weighted by Crippen LogP contribution is 2.33. The molecule has 2 N–H and O–H groups in total. The van der Waals surface area contributed by atoms with Gasteiger partial charge in [-0.2, -0.15) is 0 Å². The lowest BCUT2D eigenvalue weighted by atomic mass is 10.2. The Morgan fingerprint density at radius 3 is 2.65 bits per heavy atom. The van der Waals surface area contributed by atoms with E-state index in [1.807, 2.05) is 54.6 Å². The van der Waals surface area contributed by atoms with Gasteiger partial charge in [-0.3, -0.25) is 4.79 Å². The zero-order chi connectivity index (χ0) is 15.8. The Hall–Kier alpha value is -3.08. The van der Waals surface area contributed by atoms with Crippen molar-refractivity contribution in [2.75, 3.05) is 24.2 Å². The molecule has 2 aromatic carbocycles. The van der Waals surface area contributed by atoms with E-state index in [4.69, 9.17) is 4.99 Å². The zero-order valence-electron chi connectivity index (χ0n) is 12.7. The van der Waals surface area contributed by atoms with Crippen LogP contribution in [0.3, 0.4) is 0 Å². The van der Waals surface area contributed by atoms with Gasteiger partial charge in [0.25, 0.3) is 5.91 Å². The minimum Gasteiger partial charge on any atom is -0.349 e. The highest BCUT2D eigenvalue weighted by atomic mass is 16.2. The number of carbonyl (C=O) groups is 1. The molecule has 114 valence electrons. The maximum Gasteiger partial charge on any atom is 0.270 e. The zero-order valence-corrected chi connectivity index (χ0v) is 12.7. The maximum atomic E-state index is 12.4. The first-order valence-electron chi connectivity index (χ1n) is 7.48. The number of likely N-dealkylation sites (N-methyl/N-ethyl adjacent to an activating group) is 1. The second-order valence-electron chi connectivity index (χ2n) is 5.61. The Balaban J connectivity index is 1.82. The van der Waals surface area contributed by atoms with Crippen LogP contribution in [-0.2, 0) is 4.79 Å². The molecule has 0 saturated carbocycles. The Morgan fingerprint density at radius 1 is 1.09 bits per heavy atom. The molecule has 1 amide bonds.